The van der Waals surface area contributed by atoms with Crippen molar-refractivity contribution in [1.82, 2.24) is 9.97 Å². The Morgan fingerprint density at radius 1 is 1.25 bits per heavy atom. The fraction of sp³-hybridized carbons (Fsp3) is 0.375. The van der Waals surface area contributed by atoms with Gasteiger partial charge in [0.15, 0.2) is 0 Å². The van der Waals surface area contributed by atoms with Crippen molar-refractivity contribution in [3.8, 4) is 0 Å². The molecule has 0 saturated carbocycles. The van der Waals surface area contributed by atoms with Gasteiger partial charge in [0.25, 0.3) is 5.56 Å². The monoisotopic (exact) mass is 271 g/mol. The average Bonchev–Trinajstić information content (AvgIpc) is 2.40. The fourth-order valence-electron chi connectivity index (χ4n) is 2.05. The Balaban J connectivity index is 2.26. The van der Waals surface area contributed by atoms with Crippen molar-refractivity contribution in [2.75, 3.05) is 5.32 Å². The summed E-state index contributed by atoms with van der Waals surface area (Å²) in [5.41, 5.74) is 3.99. The van der Waals surface area contributed by atoms with Crippen molar-refractivity contribution in [2.24, 2.45) is 0 Å². The molecule has 0 aliphatic carbocycles. The molecule has 2 N–H and O–H groups in total. The maximum Gasteiger partial charge on any atom is 0.252 e. The summed E-state index contributed by atoms with van der Waals surface area (Å²) >= 11 is 0. The number of aryl methyl sites for hydroxylation is 3. The molecule has 0 saturated heterocycles. The van der Waals surface area contributed by atoms with Gasteiger partial charge in [-0.15, -0.1) is 0 Å². The lowest BCUT2D eigenvalue weighted by Crippen LogP contribution is -2.12. The first-order chi connectivity index (χ1) is 9.58. The van der Waals surface area contributed by atoms with E-state index in [1.54, 1.807) is 6.07 Å². The summed E-state index contributed by atoms with van der Waals surface area (Å²) in [6.07, 6.45) is 2.97. The molecule has 0 amide bonds. The Morgan fingerprint density at radius 2 is 2.05 bits per heavy atom. The van der Waals surface area contributed by atoms with Gasteiger partial charge in [-0.2, -0.15) is 0 Å². The van der Waals surface area contributed by atoms with Crippen LogP contribution in [0.4, 0.5) is 11.6 Å². The van der Waals surface area contributed by atoms with Gasteiger partial charge >= 0.3 is 0 Å². The number of nitrogens with zero attached hydrogens (tertiary/aromatic N) is 1. The van der Waals surface area contributed by atoms with Crippen molar-refractivity contribution < 1.29 is 0 Å². The van der Waals surface area contributed by atoms with E-state index in [0.717, 1.165) is 36.2 Å². The van der Waals surface area contributed by atoms with Crippen LogP contribution in [0, 0.1) is 13.8 Å². The van der Waals surface area contributed by atoms with Crippen molar-refractivity contribution >= 4 is 11.6 Å². The molecule has 0 aliphatic heterocycles. The Kier molecular flexibility index (Phi) is 4.56. The minimum Gasteiger partial charge on any atom is -0.325 e. The predicted octanol–water partition coefficient (Wildman–Crippen LogP) is 3.47. The number of aromatic nitrogens is 2. The van der Waals surface area contributed by atoms with Crippen LogP contribution in [-0.2, 0) is 6.42 Å². The molecule has 1 aromatic heterocycles. The van der Waals surface area contributed by atoms with E-state index in [0.29, 0.717) is 5.95 Å². The van der Waals surface area contributed by atoms with E-state index in [1.165, 1.54) is 5.56 Å². The summed E-state index contributed by atoms with van der Waals surface area (Å²) in [6.45, 7) is 6.20. The third kappa shape index (κ3) is 3.70. The van der Waals surface area contributed by atoms with Crippen LogP contribution >= 0.6 is 0 Å². The minimum absolute atomic E-state index is 0.112. The van der Waals surface area contributed by atoms with E-state index < -0.39 is 0 Å². The normalized spacial score (nSPS) is 10.6. The van der Waals surface area contributed by atoms with Crippen molar-refractivity contribution in [3.63, 3.8) is 0 Å². The van der Waals surface area contributed by atoms with Gasteiger partial charge in [-0.3, -0.25) is 9.78 Å². The molecule has 2 aromatic rings. The van der Waals surface area contributed by atoms with Crippen LogP contribution in [0.2, 0.25) is 0 Å². The lowest BCUT2D eigenvalue weighted by atomic mass is 10.1. The highest BCUT2D eigenvalue weighted by atomic mass is 16.1. The van der Waals surface area contributed by atoms with Gasteiger partial charge in [-0.25, -0.2) is 4.98 Å². The molecule has 0 aliphatic rings. The van der Waals surface area contributed by atoms with Crippen molar-refractivity contribution in [3.05, 3.63) is 51.4 Å². The molecule has 0 atom stereocenters. The molecule has 1 heterocycles. The van der Waals surface area contributed by atoms with Crippen LogP contribution in [0.1, 0.15) is 36.6 Å². The second-order valence-electron chi connectivity index (χ2n) is 5.13. The summed E-state index contributed by atoms with van der Waals surface area (Å²) in [6, 6.07) is 7.74. The number of nitrogens with one attached hydrogen (secondary N) is 2. The number of rotatable bonds is 5. The first-order valence-electron chi connectivity index (χ1n) is 7.03. The summed E-state index contributed by atoms with van der Waals surface area (Å²) in [5.74, 6) is 0.511. The molecule has 106 valence electrons. The molecule has 0 unspecified atom stereocenters. The topological polar surface area (TPSA) is 57.8 Å². The first kappa shape index (κ1) is 14.3. The van der Waals surface area contributed by atoms with E-state index in [2.05, 4.69) is 34.3 Å². The van der Waals surface area contributed by atoms with Gasteiger partial charge in [0.2, 0.25) is 5.95 Å². The molecule has 2 rings (SSSR count). The zero-order chi connectivity index (χ0) is 14.5. The second kappa shape index (κ2) is 6.37. The highest BCUT2D eigenvalue weighted by Crippen LogP contribution is 2.19. The number of unbranched alkanes of at least 4 members (excludes halogenated alkanes) is 1. The van der Waals surface area contributed by atoms with Crippen molar-refractivity contribution in [1.29, 1.82) is 0 Å². The van der Waals surface area contributed by atoms with Crippen LogP contribution in [0.25, 0.3) is 0 Å². The Hall–Kier alpha value is -2.10. The Morgan fingerprint density at radius 3 is 2.80 bits per heavy atom. The third-order valence-electron chi connectivity index (χ3n) is 3.23. The van der Waals surface area contributed by atoms with E-state index in [-0.39, 0.29) is 5.56 Å². The molecule has 20 heavy (non-hydrogen) atoms. The number of anilines is 2. The molecular weight excluding hydrogens is 250 g/mol. The van der Waals surface area contributed by atoms with E-state index in [4.69, 9.17) is 0 Å². The molecule has 4 heteroatoms. The van der Waals surface area contributed by atoms with Gasteiger partial charge in [-0.05, 0) is 43.9 Å². The number of benzene rings is 1. The molecule has 0 spiro atoms. The van der Waals surface area contributed by atoms with Crippen LogP contribution in [-0.4, -0.2) is 9.97 Å². The highest BCUT2D eigenvalue weighted by molar-refractivity contribution is 5.59. The zero-order valence-electron chi connectivity index (χ0n) is 12.3. The smallest absolute Gasteiger partial charge is 0.252 e. The SMILES string of the molecule is CCCCc1cc(=O)[nH]c(Nc2cc(C)ccc2C)n1. The number of hydrogen-bond acceptors (Lipinski definition) is 3. The largest absolute Gasteiger partial charge is 0.325 e. The maximum atomic E-state index is 11.7. The third-order valence-corrected chi connectivity index (χ3v) is 3.23. The molecular formula is C16H21N3O. The number of aromatic amines is 1. The zero-order valence-corrected chi connectivity index (χ0v) is 12.3. The lowest BCUT2D eigenvalue weighted by Gasteiger charge is -2.10. The summed E-state index contributed by atoms with van der Waals surface area (Å²) in [4.78, 5) is 18.9. The second-order valence-corrected chi connectivity index (χ2v) is 5.13. The van der Waals surface area contributed by atoms with Gasteiger partial charge in [-0.1, -0.05) is 25.5 Å². The van der Waals surface area contributed by atoms with Gasteiger partial charge < -0.3 is 5.32 Å². The molecule has 4 nitrogen and oxygen atoms in total. The number of H-pyrrole nitrogens is 1. The Labute approximate surface area is 119 Å². The van der Waals surface area contributed by atoms with Crippen LogP contribution < -0.4 is 10.9 Å². The van der Waals surface area contributed by atoms with E-state index in [1.807, 2.05) is 19.9 Å². The average molecular weight is 271 g/mol. The van der Waals surface area contributed by atoms with E-state index in [9.17, 15) is 4.79 Å². The molecule has 0 bridgehead atoms. The highest BCUT2D eigenvalue weighted by Gasteiger charge is 2.04. The lowest BCUT2D eigenvalue weighted by molar-refractivity contribution is 0.772. The predicted molar refractivity (Wildman–Crippen MR) is 82.7 cm³/mol. The summed E-state index contributed by atoms with van der Waals surface area (Å²) in [5, 5.41) is 3.20. The van der Waals surface area contributed by atoms with Crippen molar-refractivity contribution in [2.45, 2.75) is 40.0 Å². The summed E-state index contributed by atoms with van der Waals surface area (Å²) < 4.78 is 0. The molecule has 1 aromatic carbocycles. The number of hydrogen-bond donors (Lipinski definition) is 2. The van der Waals surface area contributed by atoms with Gasteiger partial charge in [0.05, 0.1) is 0 Å². The first-order valence-corrected chi connectivity index (χ1v) is 7.03. The minimum atomic E-state index is -0.112. The standard InChI is InChI=1S/C16H21N3O/c1-4-5-6-13-10-15(20)19-16(17-13)18-14-9-11(2)7-8-12(14)3/h7-10H,4-6H2,1-3H3,(H2,17,18,19,20). The summed E-state index contributed by atoms with van der Waals surface area (Å²) in [7, 11) is 0. The van der Waals surface area contributed by atoms with Crippen LogP contribution in [0.5, 0.6) is 0 Å². The maximum absolute atomic E-state index is 11.7. The quantitative estimate of drug-likeness (QED) is 0.875. The van der Waals surface area contributed by atoms with E-state index >= 15 is 0 Å². The fourth-order valence-corrected chi connectivity index (χ4v) is 2.05. The Bertz CT molecular complexity index is 646. The molecule has 0 radical (unpaired) electrons. The van der Waals surface area contributed by atoms with Crippen LogP contribution in [0.15, 0.2) is 29.1 Å². The molecule has 0 fully saturated rings. The van der Waals surface area contributed by atoms with Gasteiger partial charge in [0.1, 0.15) is 0 Å². The van der Waals surface area contributed by atoms with Crippen LogP contribution in [0.3, 0.4) is 0 Å². The van der Waals surface area contributed by atoms with Gasteiger partial charge in [0, 0.05) is 17.4 Å².